The molecule has 1 aromatic rings. The summed E-state index contributed by atoms with van der Waals surface area (Å²) in [6.07, 6.45) is 1.81. The van der Waals surface area contributed by atoms with Crippen molar-refractivity contribution in [2.75, 3.05) is 13.1 Å². The predicted octanol–water partition coefficient (Wildman–Crippen LogP) is 1.99. The molecular weight excluding hydrogens is 209 g/mol. The van der Waals surface area contributed by atoms with Gasteiger partial charge in [0.15, 0.2) is 0 Å². The summed E-state index contributed by atoms with van der Waals surface area (Å²) in [7, 11) is 0. The molecule has 0 aromatic heterocycles. The number of halogens is 1. The summed E-state index contributed by atoms with van der Waals surface area (Å²) in [5.41, 5.74) is 0.654. The Kier molecular flexibility index (Phi) is 3.19. The minimum atomic E-state index is -1.09. The molecule has 0 bridgehead atoms. The van der Waals surface area contributed by atoms with Crippen molar-refractivity contribution in [3.63, 3.8) is 0 Å². The van der Waals surface area contributed by atoms with Gasteiger partial charge in [-0.25, -0.2) is 9.18 Å². The highest BCUT2D eigenvalue weighted by molar-refractivity contribution is 5.87. The van der Waals surface area contributed by atoms with E-state index in [1.807, 2.05) is 0 Å². The molecule has 0 atom stereocenters. The maximum Gasteiger partial charge on any atom is 0.335 e. The highest BCUT2D eigenvalue weighted by atomic mass is 19.1. The molecule has 0 saturated carbocycles. The average molecular weight is 223 g/mol. The van der Waals surface area contributed by atoms with Gasteiger partial charge in [-0.3, -0.25) is 0 Å². The Labute approximate surface area is 93.3 Å². The van der Waals surface area contributed by atoms with Crippen molar-refractivity contribution in [2.24, 2.45) is 0 Å². The number of hydrogen-bond donors (Lipinski definition) is 2. The summed E-state index contributed by atoms with van der Waals surface area (Å²) in [4.78, 5) is 10.7. The fourth-order valence-electron chi connectivity index (χ4n) is 2.12. The first-order chi connectivity index (χ1) is 7.68. The molecule has 3 nitrogen and oxygen atoms in total. The van der Waals surface area contributed by atoms with Crippen molar-refractivity contribution in [2.45, 2.75) is 18.8 Å². The number of rotatable bonds is 2. The van der Waals surface area contributed by atoms with Gasteiger partial charge in [0.1, 0.15) is 5.82 Å². The van der Waals surface area contributed by atoms with Crippen LogP contribution in [0.15, 0.2) is 18.2 Å². The maximum atomic E-state index is 13.7. The Balaban J connectivity index is 2.24. The molecular formula is C12H14FNO2. The minimum absolute atomic E-state index is 0.00943. The number of hydrogen-bond acceptors (Lipinski definition) is 2. The monoisotopic (exact) mass is 223 g/mol. The van der Waals surface area contributed by atoms with Crippen molar-refractivity contribution in [3.8, 4) is 0 Å². The molecule has 0 radical (unpaired) electrons. The molecule has 1 aromatic carbocycles. The second kappa shape index (κ2) is 4.61. The molecule has 4 heteroatoms. The van der Waals surface area contributed by atoms with Crippen molar-refractivity contribution < 1.29 is 14.3 Å². The Morgan fingerprint density at radius 2 is 2.06 bits per heavy atom. The van der Waals surface area contributed by atoms with E-state index >= 15 is 0 Å². The quantitative estimate of drug-likeness (QED) is 0.806. The van der Waals surface area contributed by atoms with E-state index in [0.29, 0.717) is 5.56 Å². The van der Waals surface area contributed by atoms with Crippen LogP contribution in [0.2, 0.25) is 0 Å². The molecule has 0 aliphatic carbocycles. The zero-order valence-electron chi connectivity index (χ0n) is 8.87. The van der Waals surface area contributed by atoms with Gasteiger partial charge in [-0.1, -0.05) is 6.07 Å². The number of benzene rings is 1. The Bertz CT molecular complexity index is 400. The van der Waals surface area contributed by atoms with Gasteiger partial charge in [0.2, 0.25) is 0 Å². The highest BCUT2D eigenvalue weighted by Gasteiger charge is 2.19. The van der Waals surface area contributed by atoms with Crippen LogP contribution in [0.5, 0.6) is 0 Å². The molecule has 1 heterocycles. The van der Waals surface area contributed by atoms with Gasteiger partial charge in [0.05, 0.1) is 5.56 Å². The summed E-state index contributed by atoms with van der Waals surface area (Å²) < 4.78 is 13.7. The minimum Gasteiger partial charge on any atom is -0.478 e. The molecule has 0 unspecified atom stereocenters. The lowest BCUT2D eigenvalue weighted by molar-refractivity contribution is 0.0696. The van der Waals surface area contributed by atoms with E-state index in [4.69, 9.17) is 5.11 Å². The third-order valence-corrected chi connectivity index (χ3v) is 3.03. The summed E-state index contributed by atoms with van der Waals surface area (Å²) in [6.45, 7) is 1.79. The number of piperidine rings is 1. The van der Waals surface area contributed by atoms with Gasteiger partial charge >= 0.3 is 5.97 Å². The molecule has 1 fully saturated rings. The van der Waals surface area contributed by atoms with E-state index in [2.05, 4.69) is 5.32 Å². The first kappa shape index (κ1) is 11.1. The van der Waals surface area contributed by atoms with E-state index in [0.717, 1.165) is 32.0 Å². The number of aromatic carboxylic acids is 1. The topological polar surface area (TPSA) is 49.3 Å². The Hall–Kier alpha value is -1.42. The summed E-state index contributed by atoms with van der Waals surface area (Å²) in [5.74, 6) is -1.27. The van der Waals surface area contributed by atoms with Gasteiger partial charge in [0.25, 0.3) is 0 Å². The third-order valence-electron chi connectivity index (χ3n) is 3.03. The zero-order valence-corrected chi connectivity index (χ0v) is 8.87. The van der Waals surface area contributed by atoms with Crippen LogP contribution in [0.4, 0.5) is 4.39 Å². The third kappa shape index (κ3) is 2.22. The summed E-state index contributed by atoms with van der Waals surface area (Å²) in [5, 5.41) is 12.0. The second-order valence-corrected chi connectivity index (χ2v) is 4.07. The zero-order chi connectivity index (χ0) is 11.5. The van der Waals surface area contributed by atoms with Gasteiger partial charge in [-0.2, -0.15) is 0 Å². The van der Waals surface area contributed by atoms with E-state index < -0.39 is 11.8 Å². The SMILES string of the molecule is O=C(O)c1ccc(C2CCNCC2)c(F)c1. The fourth-order valence-corrected chi connectivity index (χ4v) is 2.12. The van der Waals surface area contributed by atoms with Crippen LogP contribution in [0.3, 0.4) is 0 Å². The van der Waals surface area contributed by atoms with Crippen molar-refractivity contribution in [1.29, 1.82) is 0 Å². The van der Waals surface area contributed by atoms with Crippen LogP contribution in [0.1, 0.15) is 34.7 Å². The molecule has 1 saturated heterocycles. The Morgan fingerprint density at radius 3 is 2.62 bits per heavy atom. The second-order valence-electron chi connectivity index (χ2n) is 4.07. The molecule has 0 amide bonds. The molecule has 1 aliphatic heterocycles. The van der Waals surface area contributed by atoms with Gasteiger partial charge in [0, 0.05) is 0 Å². The standard InChI is InChI=1S/C12H14FNO2/c13-11-7-9(12(15)16)1-2-10(11)8-3-5-14-6-4-8/h1-2,7-8,14H,3-6H2,(H,15,16). The normalized spacial score (nSPS) is 17.3. The average Bonchev–Trinajstić information content (AvgIpc) is 2.30. The first-order valence-corrected chi connectivity index (χ1v) is 5.42. The number of carboxylic acids is 1. The molecule has 86 valence electrons. The van der Waals surface area contributed by atoms with Crippen LogP contribution in [-0.2, 0) is 0 Å². The van der Waals surface area contributed by atoms with Gasteiger partial charge in [-0.15, -0.1) is 0 Å². The lowest BCUT2D eigenvalue weighted by Gasteiger charge is -2.23. The van der Waals surface area contributed by atoms with Gasteiger partial charge in [-0.05, 0) is 49.5 Å². The van der Waals surface area contributed by atoms with Crippen LogP contribution in [0, 0.1) is 5.82 Å². The summed E-state index contributed by atoms with van der Waals surface area (Å²) in [6, 6.07) is 4.19. The molecule has 2 N–H and O–H groups in total. The van der Waals surface area contributed by atoms with E-state index in [1.54, 1.807) is 6.07 Å². The lowest BCUT2D eigenvalue weighted by Crippen LogP contribution is -2.27. The smallest absolute Gasteiger partial charge is 0.335 e. The van der Waals surface area contributed by atoms with Crippen molar-refractivity contribution >= 4 is 5.97 Å². The van der Waals surface area contributed by atoms with Crippen LogP contribution >= 0.6 is 0 Å². The molecule has 2 rings (SSSR count). The van der Waals surface area contributed by atoms with Crippen molar-refractivity contribution in [3.05, 3.63) is 35.1 Å². The Morgan fingerprint density at radius 1 is 1.38 bits per heavy atom. The van der Waals surface area contributed by atoms with Crippen LogP contribution in [0.25, 0.3) is 0 Å². The molecule has 1 aliphatic rings. The number of nitrogens with one attached hydrogen (secondary N) is 1. The predicted molar refractivity (Wildman–Crippen MR) is 58.2 cm³/mol. The number of carbonyl (C=O) groups is 1. The van der Waals surface area contributed by atoms with E-state index in [1.165, 1.54) is 6.07 Å². The largest absolute Gasteiger partial charge is 0.478 e. The lowest BCUT2D eigenvalue weighted by atomic mass is 9.89. The molecule has 0 spiro atoms. The van der Waals surface area contributed by atoms with Gasteiger partial charge < -0.3 is 10.4 Å². The van der Waals surface area contributed by atoms with E-state index in [-0.39, 0.29) is 11.5 Å². The van der Waals surface area contributed by atoms with E-state index in [9.17, 15) is 9.18 Å². The fraction of sp³-hybridized carbons (Fsp3) is 0.417. The maximum absolute atomic E-state index is 13.7. The number of carboxylic acid groups (broad SMARTS) is 1. The highest BCUT2D eigenvalue weighted by Crippen LogP contribution is 2.27. The summed E-state index contributed by atoms with van der Waals surface area (Å²) >= 11 is 0. The van der Waals surface area contributed by atoms with Crippen LogP contribution < -0.4 is 5.32 Å². The van der Waals surface area contributed by atoms with Crippen molar-refractivity contribution in [1.82, 2.24) is 5.32 Å². The van der Waals surface area contributed by atoms with Crippen LogP contribution in [-0.4, -0.2) is 24.2 Å². The molecule has 16 heavy (non-hydrogen) atoms. The first-order valence-electron chi connectivity index (χ1n) is 5.42.